The fourth-order valence-electron chi connectivity index (χ4n) is 4.47. The van der Waals surface area contributed by atoms with Crippen molar-refractivity contribution in [2.75, 3.05) is 33.7 Å². The number of rotatable bonds is 8. The van der Waals surface area contributed by atoms with E-state index < -0.39 is 0 Å². The van der Waals surface area contributed by atoms with E-state index in [1.54, 1.807) is 0 Å². The van der Waals surface area contributed by atoms with Crippen molar-refractivity contribution in [3.63, 3.8) is 0 Å². The van der Waals surface area contributed by atoms with Crippen LogP contribution in [0.5, 0.6) is 0 Å². The second-order valence-electron chi connectivity index (χ2n) is 8.17. The summed E-state index contributed by atoms with van der Waals surface area (Å²) in [7, 11) is 6.34. The smallest absolute Gasteiger partial charge is 0.0670 e. The number of aromatic nitrogens is 2. The summed E-state index contributed by atoms with van der Waals surface area (Å²) in [4.78, 5) is 4.77. The van der Waals surface area contributed by atoms with Crippen molar-refractivity contribution in [1.29, 1.82) is 0 Å². The number of benzene rings is 1. The summed E-state index contributed by atoms with van der Waals surface area (Å²) in [6.07, 6.45) is 8.08. The van der Waals surface area contributed by atoms with Gasteiger partial charge in [-0.1, -0.05) is 30.3 Å². The molecule has 0 bridgehead atoms. The van der Waals surface area contributed by atoms with Crippen LogP contribution in [-0.4, -0.2) is 64.5 Å². The highest BCUT2D eigenvalue weighted by Crippen LogP contribution is 2.35. The van der Waals surface area contributed by atoms with E-state index in [1.807, 2.05) is 24.0 Å². The third kappa shape index (κ3) is 5.64. The lowest BCUT2D eigenvalue weighted by atomic mass is 9.85. The summed E-state index contributed by atoms with van der Waals surface area (Å²) >= 11 is 0. The van der Waals surface area contributed by atoms with E-state index in [4.69, 9.17) is 0 Å². The van der Waals surface area contributed by atoms with Crippen molar-refractivity contribution >= 4 is 0 Å². The molecule has 1 N–H and O–H groups in total. The maximum atomic E-state index is 10.5. The number of nitrogens with zero attached hydrogens (tertiary/aromatic N) is 4. The number of hydrogen-bond acceptors (Lipinski definition) is 4. The average Bonchev–Trinajstić information content (AvgIpc) is 3.07. The predicted octanol–water partition coefficient (Wildman–Crippen LogP) is 2.73. The van der Waals surface area contributed by atoms with Crippen LogP contribution in [0.15, 0.2) is 42.7 Å². The molecule has 0 radical (unpaired) electrons. The van der Waals surface area contributed by atoms with Crippen LogP contribution in [0, 0.1) is 5.92 Å². The number of piperidine rings is 1. The van der Waals surface area contributed by atoms with Crippen molar-refractivity contribution in [2.45, 2.75) is 37.8 Å². The highest BCUT2D eigenvalue weighted by Gasteiger charge is 2.32. The van der Waals surface area contributed by atoms with E-state index in [9.17, 15) is 5.11 Å². The van der Waals surface area contributed by atoms with Gasteiger partial charge in [-0.2, -0.15) is 5.10 Å². The summed E-state index contributed by atoms with van der Waals surface area (Å²) in [5.41, 5.74) is 2.60. The van der Waals surface area contributed by atoms with Crippen molar-refractivity contribution in [3.8, 4) is 0 Å². The molecule has 5 nitrogen and oxygen atoms in total. The van der Waals surface area contributed by atoms with E-state index in [1.165, 1.54) is 24.0 Å². The molecule has 0 aliphatic carbocycles. The highest BCUT2D eigenvalue weighted by atomic mass is 16.3. The van der Waals surface area contributed by atoms with Crippen LogP contribution in [0.4, 0.5) is 0 Å². The van der Waals surface area contributed by atoms with Gasteiger partial charge in [0.2, 0.25) is 0 Å². The molecule has 5 heteroatoms. The second-order valence-corrected chi connectivity index (χ2v) is 8.17. The standard InChI is InChI=1S/C22H34N4O/c1-24(17-21(27)12-11-18-8-5-4-6-9-18)15-19-10-7-13-25(2)22(19)20-14-23-26(3)16-20/h4-6,8-9,14,16,19,21-22,27H,7,10-13,15,17H2,1-3H3/t19-,21?,22+/m0/s1. The molecule has 1 aromatic carbocycles. The van der Waals surface area contributed by atoms with Crippen LogP contribution in [0.25, 0.3) is 0 Å². The number of likely N-dealkylation sites (N-methyl/N-ethyl adjacent to an activating group) is 1. The Morgan fingerprint density at radius 2 is 2.04 bits per heavy atom. The molecule has 148 valence electrons. The number of hydrogen-bond donors (Lipinski definition) is 1. The lowest BCUT2D eigenvalue weighted by Crippen LogP contribution is -2.42. The summed E-state index contributed by atoms with van der Waals surface area (Å²) in [6, 6.07) is 10.8. The molecule has 2 heterocycles. The van der Waals surface area contributed by atoms with E-state index >= 15 is 0 Å². The third-order valence-electron chi connectivity index (χ3n) is 5.75. The maximum Gasteiger partial charge on any atom is 0.0670 e. The molecule has 1 aliphatic heterocycles. The molecule has 1 aliphatic rings. The van der Waals surface area contributed by atoms with Gasteiger partial charge >= 0.3 is 0 Å². The molecule has 0 spiro atoms. The van der Waals surface area contributed by atoms with Crippen molar-refractivity contribution < 1.29 is 5.11 Å². The SMILES string of the molecule is CN(CC(O)CCc1ccccc1)C[C@@H]1CCCN(C)[C@H]1c1cnn(C)c1. The Morgan fingerprint density at radius 1 is 1.26 bits per heavy atom. The molecular weight excluding hydrogens is 336 g/mol. The fraction of sp³-hybridized carbons (Fsp3) is 0.591. The summed E-state index contributed by atoms with van der Waals surface area (Å²) < 4.78 is 1.89. The van der Waals surface area contributed by atoms with Gasteiger partial charge in [-0.15, -0.1) is 0 Å². The van der Waals surface area contributed by atoms with Crippen LogP contribution in [-0.2, 0) is 13.5 Å². The monoisotopic (exact) mass is 370 g/mol. The molecule has 1 saturated heterocycles. The van der Waals surface area contributed by atoms with Crippen LogP contribution in [0.1, 0.15) is 36.4 Å². The number of aliphatic hydroxyl groups is 1. The van der Waals surface area contributed by atoms with E-state index in [0.717, 1.165) is 32.5 Å². The maximum absolute atomic E-state index is 10.5. The van der Waals surface area contributed by atoms with Gasteiger partial charge in [-0.25, -0.2) is 0 Å². The zero-order chi connectivity index (χ0) is 19.2. The number of aryl methyl sites for hydroxylation is 2. The second kappa shape index (κ2) is 9.49. The molecule has 0 saturated carbocycles. The number of likely N-dealkylation sites (tertiary alicyclic amines) is 1. The predicted molar refractivity (Wildman–Crippen MR) is 110 cm³/mol. The van der Waals surface area contributed by atoms with Gasteiger partial charge in [-0.3, -0.25) is 9.58 Å². The van der Waals surface area contributed by atoms with Crippen LogP contribution >= 0.6 is 0 Å². The number of aliphatic hydroxyl groups excluding tert-OH is 1. The molecule has 0 amide bonds. The van der Waals surface area contributed by atoms with Gasteiger partial charge in [0.1, 0.15) is 0 Å². The fourth-order valence-corrected chi connectivity index (χ4v) is 4.47. The quantitative estimate of drug-likeness (QED) is 0.776. The molecule has 2 aromatic rings. The minimum absolute atomic E-state index is 0.284. The largest absolute Gasteiger partial charge is 0.392 e. The van der Waals surface area contributed by atoms with Gasteiger partial charge < -0.3 is 10.0 Å². The summed E-state index contributed by atoms with van der Waals surface area (Å²) in [5.74, 6) is 0.569. The average molecular weight is 371 g/mol. The topological polar surface area (TPSA) is 44.5 Å². The Bertz CT molecular complexity index is 687. The Hall–Kier alpha value is -1.69. The van der Waals surface area contributed by atoms with E-state index in [2.05, 4.69) is 59.5 Å². The Morgan fingerprint density at radius 3 is 2.74 bits per heavy atom. The highest BCUT2D eigenvalue weighted by molar-refractivity contribution is 5.15. The normalized spacial score (nSPS) is 22.3. The van der Waals surface area contributed by atoms with Gasteiger partial charge in [0.05, 0.1) is 12.3 Å². The Labute approximate surface area is 163 Å². The van der Waals surface area contributed by atoms with Gasteiger partial charge in [0, 0.05) is 37.9 Å². The molecule has 3 rings (SSSR count). The van der Waals surface area contributed by atoms with Crippen LogP contribution in [0.2, 0.25) is 0 Å². The Balaban J connectivity index is 1.52. The lowest BCUT2D eigenvalue weighted by Gasteiger charge is -2.40. The Kier molecular flexibility index (Phi) is 7.05. The van der Waals surface area contributed by atoms with Crippen molar-refractivity contribution in [3.05, 3.63) is 53.9 Å². The molecule has 3 atom stereocenters. The van der Waals surface area contributed by atoms with Crippen molar-refractivity contribution in [2.24, 2.45) is 13.0 Å². The third-order valence-corrected chi connectivity index (χ3v) is 5.75. The minimum atomic E-state index is -0.284. The molecule has 1 aromatic heterocycles. The first-order chi connectivity index (χ1) is 13.0. The zero-order valence-corrected chi connectivity index (χ0v) is 17.0. The molecular formula is C22H34N4O. The first-order valence-corrected chi connectivity index (χ1v) is 10.1. The minimum Gasteiger partial charge on any atom is -0.392 e. The summed E-state index contributed by atoms with van der Waals surface area (Å²) in [5, 5.41) is 14.9. The van der Waals surface area contributed by atoms with Gasteiger partial charge in [-0.05, 0) is 57.8 Å². The molecule has 27 heavy (non-hydrogen) atoms. The first kappa shape index (κ1) is 20.1. The van der Waals surface area contributed by atoms with Crippen molar-refractivity contribution in [1.82, 2.24) is 19.6 Å². The zero-order valence-electron chi connectivity index (χ0n) is 17.0. The molecule has 1 fully saturated rings. The van der Waals surface area contributed by atoms with E-state index in [0.29, 0.717) is 12.0 Å². The van der Waals surface area contributed by atoms with Crippen LogP contribution in [0.3, 0.4) is 0 Å². The summed E-state index contributed by atoms with van der Waals surface area (Å²) in [6.45, 7) is 2.87. The van der Waals surface area contributed by atoms with Crippen LogP contribution < -0.4 is 0 Å². The lowest BCUT2D eigenvalue weighted by molar-refractivity contribution is 0.0689. The molecule has 1 unspecified atom stereocenters. The van der Waals surface area contributed by atoms with E-state index in [-0.39, 0.29) is 6.10 Å². The first-order valence-electron chi connectivity index (χ1n) is 10.1. The van der Waals surface area contributed by atoms with Gasteiger partial charge in [0.25, 0.3) is 0 Å². The van der Waals surface area contributed by atoms with Gasteiger partial charge in [0.15, 0.2) is 0 Å².